The lowest BCUT2D eigenvalue weighted by molar-refractivity contribution is -0.753. The van der Waals surface area contributed by atoms with Gasteiger partial charge in [-0.1, -0.05) is 20.8 Å². The third kappa shape index (κ3) is 2.93. The topological polar surface area (TPSA) is 68.6 Å². The van der Waals surface area contributed by atoms with Crippen LogP contribution in [0.3, 0.4) is 0 Å². The summed E-state index contributed by atoms with van der Waals surface area (Å²) in [6.07, 6.45) is 1.55. The van der Waals surface area contributed by atoms with Crippen molar-refractivity contribution in [2.24, 2.45) is 10.4 Å². The number of rotatable bonds is 2. The SMILES string of the molecule is CN(C)[n+]1cc(/N=C(\[O-])C(C)(C)C)on1. The van der Waals surface area contributed by atoms with Gasteiger partial charge in [-0.2, -0.15) is 5.01 Å². The molecule has 0 aliphatic rings. The molecule has 0 aromatic carbocycles. The molecule has 1 rings (SSSR count). The fourth-order valence-electron chi connectivity index (χ4n) is 0.735. The number of aliphatic imine (C=N–C) groups is 1. The van der Waals surface area contributed by atoms with Crippen LogP contribution in [0.4, 0.5) is 5.88 Å². The maximum absolute atomic E-state index is 11.5. The van der Waals surface area contributed by atoms with Gasteiger partial charge in [-0.15, -0.1) is 0 Å². The summed E-state index contributed by atoms with van der Waals surface area (Å²) in [6, 6.07) is 0. The van der Waals surface area contributed by atoms with Crippen molar-refractivity contribution in [3.05, 3.63) is 6.20 Å². The molecule has 6 nitrogen and oxygen atoms in total. The Kier molecular flexibility index (Phi) is 2.97. The van der Waals surface area contributed by atoms with Crippen molar-refractivity contribution in [3.8, 4) is 0 Å². The van der Waals surface area contributed by atoms with Crippen LogP contribution in [-0.4, -0.2) is 25.3 Å². The molecule has 0 atom stereocenters. The Morgan fingerprint density at radius 2 is 2.13 bits per heavy atom. The highest BCUT2D eigenvalue weighted by atomic mass is 16.5. The lowest BCUT2D eigenvalue weighted by Crippen LogP contribution is -2.53. The van der Waals surface area contributed by atoms with Crippen LogP contribution in [0.15, 0.2) is 15.7 Å². The lowest BCUT2D eigenvalue weighted by atomic mass is 9.97. The van der Waals surface area contributed by atoms with E-state index in [-0.39, 0.29) is 11.8 Å². The van der Waals surface area contributed by atoms with Crippen LogP contribution in [0.25, 0.3) is 0 Å². The maximum atomic E-state index is 11.5. The average Bonchev–Trinajstić information content (AvgIpc) is 2.50. The molecule has 6 heteroatoms. The van der Waals surface area contributed by atoms with Gasteiger partial charge in [-0.05, 0) is 11.3 Å². The summed E-state index contributed by atoms with van der Waals surface area (Å²) >= 11 is 0. The molecule has 0 N–H and O–H groups in total. The highest BCUT2D eigenvalue weighted by molar-refractivity contribution is 5.79. The average molecular weight is 212 g/mol. The molecule has 1 aromatic rings. The summed E-state index contributed by atoms with van der Waals surface area (Å²) in [4.78, 5) is 5.27. The Morgan fingerprint density at radius 1 is 1.53 bits per heavy atom. The minimum absolute atomic E-state index is 0.212. The van der Waals surface area contributed by atoms with Gasteiger partial charge >= 0.3 is 5.88 Å². The van der Waals surface area contributed by atoms with Crippen LogP contribution in [0.1, 0.15) is 20.8 Å². The molecule has 84 valence electrons. The van der Waals surface area contributed by atoms with Gasteiger partial charge in [0.2, 0.25) is 5.27 Å². The maximum Gasteiger partial charge on any atom is 0.324 e. The molecule has 0 fully saturated rings. The third-order valence-corrected chi connectivity index (χ3v) is 1.71. The molecule has 0 amide bonds. The predicted molar refractivity (Wildman–Crippen MR) is 53.3 cm³/mol. The highest BCUT2D eigenvalue weighted by Crippen LogP contribution is 2.16. The zero-order valence-electron chi connectivity index (χ0n) is 9.68. The molecule has 0 unspecified atom stereocenters. The Bertz CT molecular complexity index is 362. The predicted octanol–water partition coefficient (Wildman–Crippen LogP) is -0.404. The van der Waals surface area contributed by atoms with E-state index in [4.69, 9.17) is 4.52 Å². The van der Waals surface area contributed by atoms with Gasteiger partial charge < -0.3 is 5.11 Å². The van der Waals surface area contributed by atoms with Gasteiger partial charge in [-0.3, -0.25) is 4.52 Å². The van der Waals surface area contributed by atoms with E-state index in [1.165, 1.54) is 4.79 Å². The van der Waals surface area contributed by atoms with Gasteiger partial charge in [0.1, 0.15) is 0 Å². The Labute approximate surface area is 88.8 Å². The molecule has 1 heterocycles. The van der Waals surface area contributed by atoms with Crippen molar-refractivity contribution in [1.82, 2.24) is 5.27 Å². The van der Waals surface area contributed by atoms with Crippen LogP contribution in [0, 0.1) is 5.41 Å². The molecule has 1 aromatic heterocycles. The molecule has 0 spiro atoms. The molecule has 0 saturated heterocycles. The molecule has 0 bridgehead atoms. The fourth-order valence-corrected chi connectivity index (χ4v) is 0.735. The van der Waals surface area contributed by atoms with Crippen LogP contribution in [-0.2, 0) is 0 Å². The van der Waals surface area contributed by atoms with E-state index >= 15 is 0 Å². The van der Waals surface area contributed by atoms with Crippen LogP contribution in [0.2, 0.25) is 0 Å². The smallest absolute Gasteiger partial charge is 0.324 e. The summed E-state index contributed by atoms with van der Waals surface area (Å²) in [5, 5.41) is 16.9. The van der Waals surface area contributed by atoms with Gasteiger partial charge in [0.05, 0.1) is 18.9 Å². The first-order chi connectivity index (χ1) is 6.80. The van der Waals surface area contributed by atoms with Crippen molar-refractivity contribution in [3.63, 3.8) is 0 Å². The first-order valence-corrected chi connectivity index (χ1v) is 4.63. The fraction of sp³-hybridized carbons (Fsp3) is 0.667. The Balaban J connectivity index is 2.90. The zero-order valence-corrected chi connectivity index (χ0v) is 9.68. The Morgan fingerprint density at radius 3 is 2.53 bits per heavy atom. The van der Waals surface area contributed by atoms with E-state index in [1.54, 1.807) is 46.1 Å². The number of hydrogen-bond donors (Lipinski definition) is 0. The molecular formula is C9H16N4O2. The molecule has 0 saturated carbocycles. The number of aromatic nitrogens is 2. The Hall–Kier alpha value is -1.59. The summed E-state index contributed by atoms with van der Waals surface area (Å²) in [6.45, 7) is 5.40. The summed E-state index contributed by atoms with van der Waals surface area (Å²) in [7, 11) is 3.61. The van der Waals surface area contributed by atoms with Crippen molar-refractivity contribution in [2.75, 3.05) is 19.1 Å². The van der Waals surface area contributed by atoms with Crippen molar-refractivity contribution >= 4 is 11.8 Å². The van der Waals surface area contributed by atoms with Crippen LogP contribution < -0.4 is 14.9 Å². The first-order valence-electron chi connectivity index (χ1n) is 4.63. The van der Waals surface area contributed by atoms with Crippen molar-refractivity contribution in [1.29, 1.82) is 0 Å². The summed E-state index contributed by atoms with van der Waals surface area (Å²) in [5.41, 5.74) is -0.504. The minimum atomic E-state index is -0.504. The monoisotopic (exact) mass is 212 g/mol. The quantitative estimate of drug-likeness (QED) is 0.380. The second kappa shape index (κ2) is 3.88. The van der Waals surface area contributed by atoms with Gasteiger partial charge in [0, 0.05) is 0 Å². The van der Waals surface area contributed by atoms with Crippen LogP contribution in [0.5, 0.6) is 0 Å². The standard InChI is InChI=1S/C9H16N4O2/c1-9(2,3)8(14)10-7-6-13(11-15-7)12(4)5/h6H,1-5H3. The van der Waals surface area contributed by atoms with Crippen molar-refractivity contribution in [2.45, 2.75) is 20.8 Å². The second-order valence-electron chi connectivity index (χ2n) is 4.47. The second-order valence-corrected chi connectivity index (χ2v) is 4.47. The molecule has 0 radical (unpaired) electrons. The number of hydrogen-bond acceptors (Lipinski definition) is 5. The van der Waals surface area contributed by atoms with E-state index in [2.05, 4.69) is 10.3 Å². The van der Waals surface area contributed by atoms with Gasteiger partial charge in [0.15, 0.2) is 0 Å². The number of nitrogens with zero attached hydrogens (tertiary/aromatic N) is 4. The molecule has 0 aliphatic carbocycles. The van der Waals surface area contributed by atoms with Gasteiger partial charge in [-0.25, -0.2) is 4.99 Å². The van der Waals surface area contributed by atoms with E-state index in [1.807, 2.05) is 0 Å². The minimum Gasteiger partial charge on any atom is -0.861 e. The molecule has 0 aliphatic heterocycles. The largest absolute Gasteiger partial charge is 0.861 e. The van der Waals surface area contributed by atoms with Crippen molar-refractivity contribution < 1.29 is 14.4 Å². The summed E-state index contributed by atoms with van der Waals surface area (Å²) in [5.74, 6) is -0.0202. The van der Waals surface area contributed by atoms with E-state index in [0.717, 1.165) is 0 Å². The zero-order chi connectivity index (χ0) is 11.6. The summed E-state index contributed by atoms with van der Waals surface area (Å²) < 4.78 is 4.88. The third-order valence-electron chi connectivity index (χ3n) is 1.71. The van der Waals surface area contributed by atoms with E-state index < -0.39 is 5.41 Å². The normalized spacial score (nSPS) is 13.0. The molecule has 15 heavy (non-hydrogen) atoms. The molecular weight excluding hydrogens is 196 g/mol. The van der Waals surface area contributed by atoms with Crippen LogP contribution >= 0.6 is 0 Å². The van der Waals surface area contributed by atoms with E-state index in [0.29, 0.717) is 0 Å². The van der Waals surface area contributed by atoms with Gasteiger partial charge in [0.25, 0.3) is 6.20 Å². The van der Waals surface area contributed by atoms with E-state index in [9.17, 15) is 5.11 Å². The highest BCUT2D eigenvalue weighted by Gasteiger charge is 2.15. The lowest BCUT2D eigenvalue weighted by Gasteiger charge is -2.24. The first kappa shape index (κ1) is 11.5.